The van der Waals surface area contributed by atoms with Gasteiger partial charge >= 0.3 is 5.97 Å². The Hall–Kier alpha value is -2.21. The summed E-state index contributed by atoms with van der Waals surface area (Å²) in [5.41, 5.74) is 0.773. The van der Waals surface area contributed by atoms with Crippen molar-refractivity contribution in [1.29, 1.82) is 0 Å². The van der Waals surface area contributed by atoms with Crippen LogP contribution in [0.2, 0.25) is 0 Å². The van der Waals surface area contributed by atoms with E-state index in [1.54, 1.807) is 19.2 Å². The molecule has 0 saturated carbocycles. The molecule has 0 fully saturated rings. The van der Waals surface area contributed by atoms with Crippen molar-refractivity contribution in [2.24, 2.45) is 0 Å². The molecule has 0 spiro atoms. The van der Waals surface area contributed by atoms with Crippen molar-refractivity contribution in [2.45, 2.75) is 6.42 Å². The Morgan fingerprint density at radius 2 is 2.28 bits per heavy atom. The number of carbonyl (C=O) groups is 1. The van der Waals surface area contributed by atoms with Crippen LogP contribution >= 0.6 is 0 Å². The van der Waals surface area contributed by atoms with Gasteiger partial charge in [0, 0.05) is 19.1 Å². The largest absolute Gasteiger partial charge is 0.478 e. The molecule has 0 radical (unpaired) electrons. The van der Waals surface area contributed by atoms with Crippen LogP contribution < -0.4 is 0 Å². The van der Waals surface area contributed by atoms with Crippen LogP contribution in [0.4, 0.5) is 0 Å². The Morgan fingerprint density at radius 3 is 3.00 bits per heavy atom. The second kappa shape index (κ2) is 5.42. The van der Waals surface area contributed by atoms with Crippen LogP contribution in [0.1, 0.15) is 16.2 Å². The van der Waals surface area contributed by atoms with Crippen LogP contribution in [-0.2, 0) is 11.2 Å². The van der Waals surface area contributed by atoms with E-state index in [1.807, 2.05) is 0 Å². The average molecular weight is 248 g/mol. The number of methoxy groups -OCH3 is 1. The predicted molar refractivity (Wildman–Crippen MR) is 62.3 cm³/mol. The van der Waals surface area contributed by atoms with Crippen LogP contribution in [-0.4, -0.2) is 35.0 Å². The maximum atomic E-state index is 10.8. The van der Waals surface area contributed by atoms with E-state index in [9.17, 15) is 4.79 Å². The number of ether oxygens (including phenoxy) is 1. The SMILES string of the molecule is COCCc1nnc(-c2cccc(C(=O)O)c2)o1. The molecule has 1 aromatic heterocycles. The molecule has 0 aliphatic rings. The number of carboxylic acid groups (broad SMARTS) is 1. The first-order valence-corrected chi connectivity index (χ1v) is 5.36. The summed E-state index contributed by atoms with van der Waals surface area (Å²) in [5, 5.41) is 16.6. The molecule has 1 heterocycles. The molecule has 0 amide bonds. The van der Waals surface area contributed by atoms with Crippen molar-refractivity contribution in [3.63, 3.8) is 0 Å². The lowest BCUT2D eigenvalue weighted by Gasteiger charge is -1.97. The third-order valence-electron chi connectivity index (χ3n) is 2.34. The van der Waals surface area contributed by atoms with Gasteiger partial charge in [-0.05, 0) is 18.2 Å². The second-order valence-electron chi connectivity index (χ2n) is 3.63. The van der Waals surface area contributed by atoms with Crippen molar-refractivity contribution in [1.82, 2.24) is 10.2 Å². The number of hydrogen-bond acceptors (Lipinski definition) is 5. The fourth-order valence-corrected chi connectivity index (χ4v) is 1.45. The summed E-state index contributed by atoms with van der Waals surface area (Å²) >= 11 is 0. The Labute approximate surface area is 103 Å². The van der Waals surface area contributed by atoms with Crippen molar-refractivity contribution in [3.8, 4) is 11.5 Å². The molecule has 6 nitrogen and oxygen atoms in total. The van der Waals surface area contributed by atoms with Crippen LogP contribution in [0, 0.1) is 0 Å². The van der Waals surface area contributed by atoms with Crippen molar-refractivity contribution in [2.75, 3.05) is 13.7 Å². The number of aromatic carboxylic acids is 1. The van der Waals surface area contributed by atoms with Gasteiger partial charge < -0.3 is 14.3 Å². The molecule has 0 aliphatic carbocycles. The summed E-state index contributed by atoms with van der Waals surface area (Å²) in [6.45, 7) is 0.497. The normalized spacial score (nSPS) is 10.5. The highest BCUT2D eigenvalue weighted by Gasteiger charge is 2.10. The quantitative estimate of drug-likeness (QED) is 0.865. The summed E-state index contributed by atoms with van der Waals surface area (Å²) in [5.74, 6) is -0.215. The van der Waals surface area contributed by atoms with Gasteiger partial charge in [-0.1, -0.05) is 6.07 Å². The minimum Gasteiger partial charge on any atom is -0.478 e. The van der Waals surface area contributed by atoms with Crippen LogP contribution in [0.3, 0.4) is 0 Å². The number of hydrogen-bond donors (Lipinski definition) is 1. The van der Waals surface area contributed by atoms with Gasteiger partial charge in [-0.3, -0.25) is 0 Å². The van der Waals surface area contributed by atoms with E-state index in [2.05, 4.69) is 10.2 Å². The second-order valence-corrected chi connectivity index (χ2v) is 3.63. The van der Waals surface area contributed by atoms with Crippen molar-refractivity contribution >= 4 is 5.97 Å². The molecule has 18 heavy (non-hydrogen) atoms. The first-order valence-electron chi connectivity index (χ1n) is 5.36. The molecule has 1 N–H and O–H groups in total. The fourth-order valence-electron chi connectivity index (χ4n) is 1.45. The van der Waals surface area contributed by atoms with E-state index in [0.717, 1.165) is 0 Å². The zero-order chi connectivity index (χ0) is 13.0. The minimum absolute atomic E-state index is 0.184. The lowest BCUT2D eigenvalue weighted by Crippen LogP contribution is -1.95. The van der Waals surface area contributed by atoms with Gasteiger partial charge in [0.25, 0.3) is 0 Å². The van der Waals surface area contributed by atoms with E-state index in [1.165, 1.54) is 12.1 Å². The molecule has 0 unspecified atom stereocenters. The number of carboxylic acids is 1. The molecule has 2 aromatic rings. The van der Waals surface area contributed by atoms with Gasteiger partial charge in [0.2, 0.25) is 11.8 Å². The highest BCUT2D eigenvalue weighted by molar-refractivity contribution is 5.88. The first-order chi connectivity index (χ1) is 8.70. The lowest BCUT2D eigenvalue weighted by atomic mass is 10.1. The molecule has 6 heteroatoms. The molecule has 94 valence electrons. The minimum atomic E-state index is -0.990. The third kappa shape index (κ3) is 2.72. The van der Waals surface area contributed by atoms with E-state index >= 15 is 0 Å². The van der Waals surface area contributed by atoms with Crippen molar-refractivity contribution in [3.05, 3.63) is 35.7 Å². The van der Waals surface area contributed by atoms with Crippen LogP contribution in [0.25, 0.3) is 11.5 Å². The third-order valence-corrected chi connectivity index (χ3v) is 2.34. The predicted octanol–water partition coefficient (Wildman–Crippen LogP) is 1.62. The summed E-state index contributed by atoms with van der Waals surface area (Å²) in [6, 6.07) is 6.36. The number of aromatic nitrogens is 2. The standard InChI is InChI=1S/C12H12N2O4/c1-17-6-5-10-13-14-11(18-10)8-3-2-4-9(7-8)12(15)16/h2-4,7H,5-6H2,1H3,(H,15,16). The molecule has 0 bridgehead atoms. The van der Waals surface area contributed by atoms with Gasteiger partial charge in [0.05, 0.1) is 12.2 Å². The topological polar surface area (TPSA) is 85.5 Å². The van der Waals surface area contributed by atoms with Crippen LogP contribution in [0.5, 0.6) is 0 Å². The molecular formula is C12H12N2O4. The number of nitrogens with zero attached hydrogens (tertiary/aromatic N) is 2. The maximum absolute atomic E-state index is 10.8. The highest BCUT2D eigenvalue weighted by atomic mass is 16.5. The monoisotopic (exact) mass is 248 g/mol. The Balaban J connectivity index is 2.23. The first kappa shape index (κ1) is 12.3. The molecule has 0 atom stereocenters. The van der Waals surface area contributed by atoms with E-state index in [0.29, 0.717) is 30.4 Å². The highest BCUT2D eigenvalue weighted by Crippen LogP contribution is 2.19. The molecule has 0 aliphatic heterocycles. The van der Waals surface area contributed by atoms with Gasteiger partial charge in [-0.2, -0.15) is 0 Å². The van der Waals surface area contributed by atoms with Crippen molar-refractivity contribution < 1.29 is 19.1 Å². The number of rotatable bonds is 5. The number of benzene rings is 1. The van der Waals surface area contributed by atoms with E-state index in [-0.39, 0.29) is 5.56 Å². The zero-order valence-corrected chi connectivity index (χ0v) is 9.79. The summed E-state index contributed by atoms with van der Waals surface area (Å²) < 4.78 is 10.3. The summed E-state index contributed by atoms with van der Waals surface area (Å²) in [7, 11) is 1.59. The fraction of sp³-hybridized carbons (Fsp3) is 0.250. The Bertz CT molecular complexity index is 551. The van der Waals surface area contributed by atoms with Crippen LogP contribution in [0.15, 0.2) is 28.7 Å². The van der Waals surface area contributed by atoms with E-state index in [4.69, 9.17) is 14.3 Å². The van der Waals surface area contributed by atoms with Gasteiger partial charge in [-0.25, -0.2) is 4.79 Å². The van der Waals surface area contributed by atoms with Gasteiger partial charge in [-0.15, -0.1) is 10.2 Å². The smallest absolute Gasteiger partial charge is 0.335 e. The van der Waals surface area contributed by atoms with E-state index < -0.39 is 5.97 Å². The molecule has 1 aromatic carbocycles. The molecular weight excluding hydrogens is 236 g/mol. The Kier molecular flexibility index (Phi) is 3.69. The maximum Gasteiger partial charge on any atom is 0.335 e. The molecule has 0 saturated heterocycles. The summed E-state index contributed by atoms with van der Waals surface area (Å²) in [6.07, 6.45) is 0.530. The van der Waals surface area contributed by atoms with Gasteiger partial charge in [0.15, 0.2) is 0 Å². The van der Waals surface area contributed by atoms with Gasteiger partial charge in [0.1, 0.15) is 0 Å². The lowest BCUT2D eigenvalue weighted by molar-refractivity contribution is 0.0697. The Morgan fingerprint density at radius 1 is 1.44 bits per heavy atom. The zero-order valence-electron chi connectivity index (χ0n) is 9.79. The summed E-state index contributed by atoms with van der Waals surface area (Å²) in [4.78, 5) is 10.8. The average Bonchev–Trinajstić information content (AvgIpc) is 2.85. The molecule has 2 rings (SSSR count).